The fraction of sp³-hybridized carbons (Fsp3) is 0.353. The third-order valence-electron chi connectivity index (χ3n) is 4.26. The lowest BCUT2D eigenvalue weighted by molar-refractivity contribution is 0.115. The van der Waals surface area contributed by atoms with Gasteiger partial charge in [0.25, 0.3) is 5.89 Å². The number of benzene rings is 1. The van der Waals surface area contributed by atoms with E-state index in [0.29, 0.717) is 25.1 Å². The Morgan fingerprint density at radius 1 is 1.28 bits per heavy atom. The molecule has 3 heterocycles. The monoisotopic (exact) mass is 362 g/mol. The van der Waals surface area contributed by atoms with Gasteiger partial charge in [0.05, 0.1) is 10.7 Å². The molecule has 3 aromatic rings. The molecule has 0 amide bonds. The van der Waals surface area contributed by atoms with Crippen molar-refractivity contribution < 1.29 is 13.3 Å². The second-order valence-corrected chi connectivity index (χ2v) is 7.28. The average Bonchev–Trinajstić information content (AvgIpc) is 3.30. The van der Waals surface area contributed by atoms with Gasteiger partial charge in [0, 0.05) is 37.0 Å². The second kappa shape index (κ2) is 6.27. The summed E-state index contributed by atoms with van der Waals surface area (Å²) in [4.78, 5) is 10.6. The minimum atomic E-state index is -1.67. The van der Waals surface area contributed by atoms with Gasteiger partial charge in [0.15, 0.2) is 0 Å². The molecule has 1 saturated heterocycles. The Labute approximate surface area is 147 Å². The molecule has 1 unspecified atom stereocenters. The van der Waals surface area contributed by atoms with Crippen LogP contribution in [-0.4, -0.2) is 33.1 Å². The van der Waals surface area contributed by atoms with Crippen molar-refractivity contribution in [3.8, 4) is 11.4 Å². The standard InChI is InChI=1S/C17H16F2N4OS/c1-11-20-14(9-25-11)8-23-7-6-17(19,10-23)16-21-15(22-24-16)12-2-4-13(18)5-3-12/h2-5,9H,6-8,10H2,1H3. The molecule has 0 radical (unpaired) electrons. The quantitative estimate of drug-likeness (QED) is 0.708. The number of thiazole rings is 1. The van der Waals surface area contributed by atoms with Crippen LogP contribution in [0.4, 0.5) is 8.78 Å². The Bertz CT molecular complexity index is 879. The summed E-state index contributed by atoms with van der Waals surface area (Å²) in [5.74, 6) is -0.109. The van der Waals surface area contributed by atoms with Crippen LogP contribution in [-0.2, 0) is 12.2 Å². The van der Waals surface area contributed by atoms with Gasteiger partial charge in [-0.15, -0.1) is 11.3 Å². The number of halogens is 2. The lowest BCUT2D eigenvalue weighted by Crippen LogP contribution is -2.27. The Hall–Kier alpha value is -2.19. The number of hydrogen-bond acceptors (Lipinski definition) is 6. The smallest absolute Gasteiger partial charge is 0.266 e. The van der Waals surface area contributed by atoms with E-state index in [1.54, 1.807) is 23.5 Å². The maximum absolute atomic E-state index is 15.3. The van der Waals surface area contributed by atoms with Crippen molar-refractivity contribution in [2.75, 3.05) is 13.1 Å². The predicted molar refractivity (Wildman–Crippen MR) is 89.2 cm³/mol. The van der Waals surface area contributed by atoms with Crippen molar-refractivity contribution in [1.29, 1.82) is 0 Å². The highest BCUT2D eigenvalue weighted by atomic mass is 32.1. The zero-order valence-corrected chi connectivity index (χ0v) is 14.4. The molecule has 0 bridgehead atoms. The Morgan fingerprint density at radius 2 is 2.08 bits per heavy atom. The van der Waals surface area contributed by atoms with Gasteiger partial charge in [-0.1, -0.05) is 5.16 Å². The van der Waals surface area contributed by atoms with Gasteiger partial charge in [0.1, 0.15) is 5.82 Å². The van der Waals surface area contributed by atoms with Gasteiger partial charge >= 0.3 is 0 Å². The first kappa shape index (κ1) is 16.3. The highest BCUT2D eigenvalue weighted by Gasteiger charge is 2.45. The van der Waals surface area contributed by atoms with Gasteiger partial charge in [-0.25, -0.2) is 13.8 Å². The zero-order valence-electron chi connectivity index (χ0n) is 13.6. The number of rotatable bonds is 4. The molecule has 130 valence electrons. The molecule has 1 aromatic carbocycles. The highest BCUT2D eigenvalue weighted by molar-refractivity contribution is 7.09. The third-order valence-corrected chi connectivity index (χ3v) is 5.08. The lowest BCUT2D eigenvalue weighted by atomic mass is 10.1. The Balaban J connectivity index is 1.49. The molecule has 1 fully saturated rings. The molecule has 25 heavy (non-hydrogen) atoms. The van der Waals surface area contributed by atoms with Crippen LogP contribution in [0.2, 0.25) is 0 Å². The molecule has 1 aliphatic heterocycles. The Morgan fingerprint density at radius 3 is 2.80 bits per heavy atom. The predicted octanol–water partition coefficient (Wildman–Crippen LogP) is 3.71. The van der Waals surface area contributed by atoms with Crippen LogP contribution in [0.1, 0.15) is 23.0 Å². The maximum Gasteiger partial charge on any atom is 0.266 e. The summed E-state index contributed by atoms with van der Waals surface area (Å²) in [6.45, 7) is 3.35. The topological polar surface area (TPSA) is 55.1 Å². The molecule has 1 aliphatic rings. The van der Waals surface area contributed by atoms with E-state index in [0.717, 1.165) is 10.7 Å². The van der Waals surface area contributed by atoms with Crippen molar-refractivity contribution in [2.45, 2.75) is 25.6 Å². The minimum Gasteiger partial charge on any atom is -0.335 e. The number of alkyl halides is 1. The first-order chi connectivity index (χ1) is 12.0. The number of aryl methyl sites for hydroxylation is 1. The zero-order chi connectivity index (χ0) is 17.4. The van der Waals surface area contributed by atoms with E-state index in [1.165, 1.54) is 12.1 Å². The Kier molecular flexibility index (Phi) is 4.09. The first-order valence-corrected chi connectivity index (χ1v) is 8.82. The van der Waals surface area contributed by atoms with Crippen molar-refractivity contribution in [2.24, 2.45) is 0 Å². The highest BCUT2D eigenvalue weighted by Crippen LogP contribution is 2.36. The fourth-order valence-corrected chi connectivity index (χ4v) is 3.59. The van der Waals surface area contributed by atoms with Gasteiger partial charge in [-0.3, -0.25) is 4.90 Å². The van der Waals surface area contributed by atoms with Crippen LogP contribution in [0.3, 0.4) is 0 Å². The van der Waals surface area contributed by atoms with Crippen LogP contribution in [0.5, 0.6) is 0 Å². The van der Waals surface area contributed by atoms with Crippen LogP contribution in [0.25, 0.3) is 11.4 Å². The molecular formula is C17H16F2N4OS. The van der Waals surface area contributed by atoms with E-state index in [-0.39, 0.29) is 24.1 Å². The van der Waals surface area contributed by atoms with Crippen LogP contribution >= 0.6 is 11.3 Å². The first-order valence-electron chi connectivity index (χ1n) is 7.94. The van der Waals surface area contributed by atoms with E-state index >= 15 is 4.39 Å². The average molecular weight is 362 g/mol. The largest absolute Gasteiger partial charge is 0.335 e. The van der Waals surface area contributed by atoms with Crippen molar-refractivity contribution in [3.05, 3.63) is 52.1 Å². The minimum absolute atomic E-state index is 0.0243. The SMILES string of the molecule is Cc1nc(CN2CCC(F)(c3nc(-c4ccc(F)cc4)no3)C2)cs1. The number of nitrogens with zero attached hydrogens (tertiary/aromatic N) is 4. The van der Waals surface area contributed by atoms with Gasteiger partial charge in [-0.05, 0) is 31.2 Å². The van der Waals surface area contributed by atoms with Gasteiger partial charge in [0.2, 0.25) is 11.5 Å². The summed E-state index contributed by atoms with van der Waals surface area (Å²) in [6, 6.07) is 5.70. The van der Waals surface area contributed by atoms with E-state index in [2.05, 4.69) is 15.1 Å². The van der Waals surface area contributed by atoms with E-state index in [9.17, 15) is 4.39 Å². The van der Waals surface area contributed by atoms with Crippen LogP contribution in [0.15, 0.2) is 34.2 Å². The molecule has 5 nitrogen and oxygen atoms in total. The second-order valence-electron chi connectivity index (χ2n) is 6.21. The summed E-state index contributed by atoms with van der Waals surface area (Å²) >= 11 is 1.59. The fourth-order valence-electron chi connectivity index (χ4n) is 2.99. The number of hydrogen-bond donors (Lipinski definition) is 0. The van der Waals surface area contributed by atoms with Gasteiger partial charge in [-0.2, -0.15) is 4.98 Å². The summed E-state index contributed by atoms with van der Waals surface area (Å²) in [5, 5.41) is 6.83. The van der Waals surface area contributed by atoms with Crippen molar-refractivity contribution in [3.63, 3.8) is 0 Å². The van der Waals surface area contributed by atoms with E-state index in [1.807, 2.05) is 17.2 Å². The number of likely N-dealkylation sites (tertiary alicyclic amines) is 1. The van der Waals surface area contributed by atoms with Crippen molar-refractivity contribution in [1.82, 2.24) is 20.0 Å². The lowest BCUT2D eigenvalue weighted by Gasteiger charge is -2.16. The van der Waals surface area contributed by atoms with Crippen LogP contribution in [0, 0.1) is 12.7 Å². The normalized spacial score (nSPS) is 21.1. The molecule has 0 N–H and O–H groups in total. The van der Waals surface area contributed by atoms with Crippen LogP contribution < -0.4 is 0 Å². The summed E-state index contributed by atoms with van der Waals surface area (Å²) in [5.41, 5.74) is -0.131. The molecule has 0 aliphatic carbocycles. The molecule has 0 saturated carbocycles. The molecular weight excluding hydrogens is 346 g/mol. The molecule has 0 spiro atoms. The molecule has 4 rings (SSSR count). The van der Waals surface area contributed by atoms with Crippen molar-refractivity contribution >= 4 is 11.3 Å². The van der Waals surface area contributed by atoms with E-state index in [4.69, 9.17) is 4.52 Å². The summed E-state index contributed by atoms with van der Waals surface area (Å²) < 4.78 is 33.5. The molecule has 8 heteroatoms. The number of aromatic nitrogens is 3. The molecule has 1 atom stereocenters. The third kappa shape index (κ3) is 3.32. The summed E-state index contributed by atoms with van der Waals surface area (Å²) in [7, 11) is 0. The summed E-state index contributed by atoms with van der Waals surface area (Å²) in [6.07, 6.45) is 0.293. The van der Waals surface area contributed by atoms with Gasteiger partial charge < -0.3 is 4.52 Å². The maximum atomic E-state index is 15.3. The van der Waals surface area contributed by atoms with E-state index < -0.39 is 5.67 Å². The molecule has 2 aromatic heterocycles.